The van der Waals surface area contributed by atoms with Crippen LogP contribution in [0.4, 0.5) is 5.69 Å². The van der Waals surface area contributed by atoms with E-state index in [1.54, 1.807) is 10.9 Å². The molecule has 25 heavy (non-hydrogen) atoms. The molecular formula is C17H28N6OS. The summed E-state index contributed by atoms with van der Waals surface area (Å²) in [5, 5.41) is 7.52. The van der Waals surface area contributed by atoms with Crippen molar-refractivity contribution < 1.29 is 4.79 Å². The van der Waals surface area contributed by atoms with Gasteiger partial charge in [-0.2, -0.15) is 16.9 Å². The Morgan fingerprint density at radius 1 is 1.40 bits per heavy atom. The highest BCUT2D eigenvalue weighted by Gasteiger charge is 2.27. The summed E-state index contributed by atoms with van der Waals surface area (Å²) in [4.78, 5) is 21.3. The number of thioether (sulfide) groups is 1. The predicted molar refractivity (Wildman–Crippen MR) is 103 cm³/mol. The van der Waals surface area contributed by atoms with Crippen LogP contribution in [0, 0.1) is 5.92 Å². The van der Waals surface area contributed by atoms with Gasteiger partial charge in [-0.15, -0.1) is 0 Å². The number of nitrogens with one attached hydrogen (secondary N) is 1. The van der Waals surface area contributed by atoms with Gasteiger partial charge in [-0.1, -0.05) is 0 Å². The molecule has 2 aliphatic heterocycles. The summed E-state index contributed by atoms with van der Waals surface area (Å²) in [5.41, 5.74) is 0.869. The molecule has 0 spiro atoms. The van der Waals surface area contributed by atoms with E-state index >= 15 is 0 Å². The van der Waals surface area contributed by atoms with Gasteiger partial charge in [0.05, 0.1) is 11.9 Å². The van der Waals surface area contributed by atoms with Crippen molar-refractivity contribution >= 4 is 29.3 Å². The summed E-state index contributed by atoms with van der Waals surface area (Å²) in [5.74, 6) is 4.15. The average Bonchev–Trinajstić information content (AvgIpc) is 3.05. The van der Waals surface area contributed by atoms with E-state index in [0.29, 0.717) is 19.0 Å². The molecule has 1 aromatic rings. The van der Waals surface area contributed by atoms with Crippen LogP contribution in [0.5, 0.6) is 0 Å². The van der Waals surface area contributed by atoms with Gasteiger partial charge in [-0.25, -0.2) is 0 Å². The Kier molecular flexibility index (Phi) is 6.23. The quantitative estimate of drug-likeness (QED) is 0.642. The smallest absolute Gasteiger partial charge is 0.246 e. The molecule has 0 bridgehead atoms. The van der Waals surface area contributed by atoms with Crippen molar-refractivity contribution in [2.75, 3.05) is 49.1 Å². The minimum absolute atomic E-state index is 0.0962. The van der Waals surface area contributed by atoms with Gasteiger partial charge in [0.15, 0.2) is 5.96 Å². The zero-order valence-corrected chi connectivity index (χ0v) is 16.0. The summed E-state index contributed by atoms with van der Waals surface area (Å²) in [6.45, 7) is 5.56. The van der Waals surface area contributed by atoms with Gasteiger partial charge in [-0.3, -0.25) is 14.5 Å². The van der Waals surface area contributed by atoms with Crippen molar-refractivity contribution in [3.05, 3.63) is 12.4 Å². The second kappa shape index (κ2) is 8.60. The lowest BCUT2D eigenvalue weighted by Gasteiger charge is -2.35. The second-order valence-corrected chi connectivity index (χ2v) is 7.81. The van der Waals surface area contributed by atoms with Crippen molar-refractivity contribution in [3.63, 3.8) is 0 Å². The first kappa shape index (κ1) is 18.1. The van der Waals surface area contributed by atoms with E-state index in [0.717, 1.165) is 31.3 Å². The monoisotopic (exact) mass is 364 g/mol. The van der Waals surface area contributed by atoms with E-state index in [2.05, 4.69) is 22.2 Å². The number of guanidine groups is 1. The van der Waals surface area contributed by atoms with Crippen LogP contribution in [-0.2, 0) is 11.8 Å². The first-order valence-electron chi connectivity index (χ1n) is 9.07. The third-order valence-electron chi connectivity index (χ3n) is 4.70. The Labute approximate surface area is 153 Å². The summed E-state index contributed by atoms with van der Waals surface area (Å²) in [6, 6.07) is 0. The summed E-state index contributed by atoms with van der Waals surface area (Å²) in [6.07, 6.45) is 6.13. The number of rotatable bonds is 4. The molecule has 0 aliphatic carbocycles. The van der Waals surface area contributed by atoms with E-state index in [1.165, 1.54) is 24.3 Å². The number of aliphatic imine (C=N–C) groups is 1. The van der Waals surface area contributed by atoms with E-state index < -0.39 is 0 Å². The Balaban J connectivity index is 1.61. The minimum Gasteiger partial charge on any atom is -0.357 e. The fraction of sp³-hybridized carbons (Fsp3) is 0.706. The zero-order valence-electron chi connectivity index (χ0n) is 15.1. The molecule has 7 nitrogen and oxygen atoms in total. The van der Waals surface area contributed by atoms with E-state index in [4.69, 9.17) is 4.99 Å². The van der Waals surface area contributed by atoms with Gasteiger partial charge in [0, 0.05) is 39.4 Å². The van der Waals surface area contributed by atoms with Crippen molar-refractivity contribution in [1.29, 1.82) is 0 Å². The van der Waals surface area contributed by atoms with Crippen molar-refractivity contribution in [3.8, 4) is 0 Å². The van der Waals surface area contributed by atoms with E-state index in [9.17, 15) is 4.79 Å². The number of amides is 1. The highest BCUT2D eigenvalue weighted by Crippen LogP contribution is 2.23. The lowest BCUT2D eigenvalue weighted by molar-refractivity contribution is -0.120. The van der Waals surface area contributed by atoms with Crippen molar-refractivity contribution in [1.82, 2.24) is 20.0 Å². The first-order chi connectivity index (χ1) is 12.2. The molecule has 8 heteroatoms. The second-order valence-electron chi connectivity index (χ2n) is 6.59. The van der Waals surface area contributed by atoms with Crippen molar-refractivity contribution in [2.24, 2.45) is 18.0 Å². The van der Waals surface area contributed by atoms with Gasteiger partial charge in [0.1, 0.15) is 6.54 Å². The Morgan fingerprint density at radius 2 is 2.20 bits per heavy atom. The maximum Gasteiger partial charge on any atom is 0.246 e. The molecule has 0 aromatic carbocycles. The maximum absolute atomic E-state index is 12.6. The number of carbonyl (C=O) groups is 1. The molecule has 3 heterocycles. The van der Waals surface area contributed by atoms with Crippen LogP contribution in [-0.4, -0.2) is 70.8 Å². The Morgan fingerprint density at radius 3 is 2.84 bits per heavy atom. The van der Waals surface area contributed by atoms with Crippen LogP contribution in [0.25, 0.3) is 0 Å². The lowest BCUT2D eigenvalue weighted by atomic mass is 10.0. The van der Waals surface area contributed by atoms with Crippen LogP contribution >= 0.6 is 11.8 Å². The fourth-order valence-electron chi connectivity index (χ4n) is 3.25. The van der Waals surface area contributed by atoms with E-state index in [1.807, 2.05) is 29.9 Å². The Bertz CT molecular complexity index is 610. The summed E-state index contributed by atoms with van der Waals surface area (Å²) in [7, 11) is 1.87. The molecule has 0 radical (unpaired) electrons. The molecule has 3 rings (SSSR count). The van der Waals surface area contributed by atoms with Gasteiger partial charge in [-0.05, 0) is 37.2 Å². The highest BCUT2D eigenvalue weighted by atomic mass is 32.2. The standard InChI is InChI=1S/C17H28N6OS/c1-3-18-17(19-10-14-4-8-25-9-5-14)22-6-7-23(16(24)13-22)15-11-20-21(2)12-15/h11-12,14H,3-10,13H2,1-2H3,(H,18,19). The topological polar surface area (TPSA) is 65.8 Å². The van der Waals surface area contributed by atoms with Gasteiger partial charge < -0.3 is 15.1 Å². The number of hydrogen-bond donors (Lipinski definition) is 1. The molecular weight excluding hydrogens is 336 g/mol. The van der Waals surface area contributed by atoms with E-state index in [-0.39, 0.29) is 5.91 Å². The average molecular weight is 365 g/mol. The third kappa shape index (κ3) is 4.68. The lowest BCUT2D eigenvalue weighted by Crippen LogP contribution is -2.55. The number of carbonyl (C=O) groups excluding carboxylic acids is 1. The first-order valence-corrected chi connectivity index (χ1v) is 10.2. The van der Waals surface area contributed by atoms with Gasteiger partial charge >= 0.3 is 0 Å². The maximum atomic E-state index is 12.6. The molecule has 2 fully saturated rings. The molecule has 1 N–H and O–H groups in total. The molecule has 1 amide bonds. The predicted octanol–water partition coefficient (Wildman–Crippen LogP) is 1.18. The Hall–Kier alpha value is -1.70. The van der Waals surface area contributed by atoms with Crippen LogP contribution in [0.15, 0.2) is 17.4 Å². The molecule has 138 valence electrons. The number of anilines is 1. The number of piperazine rings is 1. The number of hydrogen-bond acceptors (Lipinski definition) is 4. The summed E-state index contributed by atoms with van der Waals surface area (Å²) >= 11 is 2.04. The number of aromatic nitrogens is 2. The molecule has 0 saturated carbocycles. The molecule has 1 aromatic heterocycles. The fourth-order valence-corrected chi connectivity index (χ4v) is 4.45. The van der Waals surface area contributed by atoms with Crippen molar-refractivity contribution in [2.45, 2.75) is 19.8 Å². The normalized spacial score (nSPS) is 20.2. The van der Waals surface area contributed by atoms with Crippen LogP contribution in [0.1, 0.15) is 19.8 Å². The van der Waals surface area contributed by atoms with Crippen LogP contribution in [0.3, 0.4) is 0 Å². The number of nitrogens with zero attached hydrogens (tertiary/aromatic N) is 5. The zero-order chi connectivity index (χ0) is 17.6. The SMILES string of the molecule is CCNC(=NCC1CCSCC1)N1CCN(c2cnn(C)c2)C(=O)C1. The van der Waals surface area contributed by atoms with Gasteiger partial charge in [0.2, 0.25) is 5.91 Å². The highest BCUT2D eigenvalue weighted by molar-refractivity contribution is 7.99. The molecule has 2 aliphatic rings. The van der Waals surface area contributed by atoms with Crippen LogP contribution < -0.4 is 10.2 Å². The largest absolute Gasteiger partial charge is 0.357 e. The minimum atomic E-state index is 0.0962. The molecule has 0 atom stereocenters. The summed E-state index contributed by atoms with van der Waals surface area (Å²) < 4.78 is 1.73. The number of aryl methyl sites for hydroxylation is 1. The molecule has 0 unspecified atom stereocenters. The molecule has 2 saturated heterocycles. The van der Waals surface area contributed by atoms with Gasteiger partial charge in [0.25, 0.3) is 0 Å². The van der Waals surface area contributed by atoms with Crippen LogP contribution in [0.2, 0.25) is 0 Å². The third-order valence-corrected chi connectivity index (χ3v) is 5.75.